The first-order valence-corrected chi connectivity index (χ1v) is 13.3. The van der Waals surface area contributed by atoms with E-state index in [1.807, 2.05) is 32.0 Å². The summed E-state index contributed by atoms with van der Waals surface area (Å²) >= 11 is 6.00. The van der Waals surface area contributed by atoms with Gasteiger partial charge in [0.05, 0.1) is 17.5 Å². The highest BCUT2D eigenvalue weighted by atomic mass is 35.5. The van der Waals surface area contributed by atoms with Crippen molar-refractivity contribution in [2.45, 2.75) is 52.6 Å². The molecule has 0 fully saturated rings. The highest BCUT2D eigenvalue weighted by molar-refractivity contribution is 6.30. The monoisotopic (exact) mass is 587 g/mol. The Morgan fingerprint density at radius 3 is 2.27 bits per heavy atom. The lowest BCUT2D eigenvalue weighted by atomic mass is 9.92. The Balaban J connectivity index is 2.01. The van der Waals surface area contributed by atoms with Crippen molar-refractivity contribution in [3.05, 3.63) is 91.9 Å². The van der Waals surface area contributed by atoms with Gasteiger partial charge in [-0.15, -0.1) is 0 Å². The van der Waals surface area contributed by atoms with E-state index in [-0.39, 0.29) is 28.5 Å². The van der Waals surface area contributed by atoms with Crippen molar-refractivity contribution in [3.8, 4) is 11.1 Å². The molecule has 3 aromatic rings. The summed E-state index contributed by atoms with van der Waals surface area (Å²) in [6, 6.07) is 6.28. The number of benzene rings is 2. The third kappa shape index (κ3) is 7.58. The molecule has 2 amide bonds. The molecule has 0 aliphatic heterocycles. The van der Waals surface area contributed by atoms with Gasteiger partial charge in [0.15, 0.2) is 11.6 Å². The average molecular weight is 588 g/mol. The largest absolute Gasteiger partial charge is 0.481 e. The second-order valence-corrected chi connectivity index (χ2v) is 10.9. The molecular weight excluding hydrogens is 556 g/mol. The van der Waals surface area contributed by atoms with Gasteiger partial charge in [-0.2, -0.15) is 0 Å². The van der Waals surface area contributed by atoms with E-state index in [0.29, 0.717) is 11.1 Å². The molecule has 218 valence electrons. The number of hydrogen-bond acceptors (Lipinski definition) is 4. The Morgan fingerprint density at radius 2 is 1.68 bits per heavy atom. The molecule has 1 heterocycles. The van der Waals surface area contributed by atoms with Gasteiger partial charge in [-0.1, -0.05) is 43.6 Å². The van der Waals surface area contributed by atoms with E-state index in [9.17, 15) is 28.7 Å². The number of amides is 2. The summed E-state index contributed by atoms with van der Waals surface area (Å²) in [5.41, 5.74) is 1.29. The Hall–Kier alpha value is -4.05. The van der Waals surface area contributed by atoms with E-state index >= 15 is 4.39 Å². The minimum atomic E-state index is -1.47. The first kappa shape index (κ1) is 31.5. The van der Waals surface area contributed by atoms with E-state index in [1.165, 1.54) is 25.4 Å². The van der Waals surface area contributed by atoms with Crippen molar-refractivity contribution in [2.24, 2.45) is 13.0 Å². The third-order valence-electron chi connectivity index (χ3n) is 6.62. The van der Waals surface area contributed by atoms with Crippen LogP contribution in [0, 0.1) is 31.4 Å². The summed E-state index contributed by atoms with van der Waals surface area (Å²) < 4.78 is 31.2. The summed E-state index contributed by atoms with van der Waals surface area (Å²) in [6.07, 6.45) is 0.683. The zero-order valence-corrected chi connectivity index (χ0v) is 24.1. The summed E-state index contributed by atoms with van der Waals surface area (Å²) in [6.45, 7) is 7.21. The quantitative estimate of drug-likeness (QED) is 0.306. The maximum atomic E-state index is 15.2. The highest BCUT2D eigenvalue weighted by Crippen LogP contribution is 2.33. The van der Waals surface area contributed by atoms with Crippen molar-refractivity contribution < 1.29 is 28.3 Å². The van der Waals surface area contributed by atoms with Gasteiger partial charge in [-0.3, -0.25) is 19.2 Å². The number of carbonyl (C=O) groups is 3. The lowest BCUT2D eigenvalue weighted by Gasteiger charge is -2.25. The van der Waals surface area contributed by atoms with Crippen LogP contribution in [0.1, 0.15) is 59.8 Å². The Morgan fingerprint density at radius 1 is 1.05 bits per heavy atom. The van der Waals surface area contributed by atoms with Crippen molar-refractivity contribution in [2.75, 3.05) is 0 Å². The number of carboxylic acid groups (broad SMARTS) is 1. The number of rotatable bonds is 10. The molecule has 8 nitrogen and oxygen atoms in total. The van der Waals surface area contributed by atoms with Crippen molar-refractivity contribution in [3.63, 3.8) is 0 Å². The number of aliphatic carboxylic acids is 1. The smallest absolute Gasteiger partial charge is 0.305 e. The van der Waals surface area contributed by atoms with Crippen molar-refractivity contribution in [1.82, 2.24) is 15.2 Å². The Labute approximate surface area is 241 Å². The second-order valence-electron chi connectivity index (χ2n) is 10.4. The molecular formula is C30H32ClF2N3O5. The molecule has 0 aliphatic carbocycles. The summed E-state index contributed by atoms with van der Waals surface area (Å²) in [7, 11) is 1.42. The molecule has 0 bridgehead atoms. The molecule has 3 N–H and O–H groups in total. The van der Waals surface area contributed by atoms with Gasteiger partial charge in [0, 0.05) is 18.8 Å². The van der Waals surface area contributed by atoms with E-state index < -0.39 is 53.5 Å². The normalized spacial score (nSPS) is 12.6. The van der Waals surface area contributed by atoms with Crippen LogP contribution in [0.15, 0.2) is 47.4 Å². The predicted molar refractivity (Wildman–Crippen MR) is 152 cm³/mol. The predicted octanol–water partition coefficient (Wildman–Crippen LogP) is 5.08. The van der Waals surface area contributed by atoms with Gasteiger partial charge < -0.3 is 20.3 Å². The van der Waals surface area contributed by atoms with E-state index in [0.717, 1.165) is 21.8 Å². The van der Waals surface area contributed by atoms with Gasteiger partial charge in [-0.05, 0) is 66.6 Å². The van der Waals surface area contributed by atoms with Crippen LogP contribution in [0.25, 0.3) is 11.1 Å². The molecule has 0 unspecified atom stereocenters. The third-order valence-corrected chi connectivity index (χ3v) is 6.83. The zero-order valence-electron chi connectivity index (χ0n) is 23.3. The number of hydrogen-bond donors (Lipinski definition) is 3. The van der Waals surface area contributed by atoms with Crippen LogP contribution in [0.5, 0.6) is 0 Å². The maximum Gasteiger partial charge on any atom is 0.305 e. The number of aromatic nitrogens is 1. The van der Waals surface area contributed by atoms with Crippen LogP contribution in [-0.2, 0) is 16.6 Å². The van der Waals surface area contributed by atoms with Crippen LogP contribution in [-0.4, -0.2) is 33.5 Å². The summed E-state index contributed by atoms with van der Waals surface area (Å²) in [5.74, 6) is -5.66. The number of carboxylic acids is 1. The van der Waals surface area contributed by atoms with Crippen LogP contribution in [0.4, 0.5) is 8.78 Å². The lowest BCUT2D eigenvalue weighted by molar-refractivity contribution is -0.137. The fourth-order valence-electron chi connectivity index (χ4n) is 4.74. The topological polar surface area (TPSA) is 118 Å². The number of aryl methyl sites for hydroxylation is 3. The molecule has 2 atom stereocenters. The first-order valence-electron chi connectivity index (χ1n) is 12.9. The molecule has 0 spiro atoms. The molecule has 0 radical (unpaired) electrons. The van der Waals surface area contributed by atoms with Crippen LogP contribution in [0.2, 0.25) is 5.02 Å². The van der Waals surface area contributed by atoms with Crippen LogP contribution >= 0.6 is 11.6 Å². The number of pyridine rings is 1. The van der Waals surface area contributed by atoms with Crippen LogP contribution < -0.4 is 16.2 Å². The minimum absolute atomic E-state index is 0.109. The zero-order chi connectivity index (χ0) is 30.6. The van der Waals surface area contributed by atoms with Gasteiger partial charge >= 0.3 is 5.97 Å². The molecule has 1 aromatic heterocycles. The lowest BCUT2D eigenvalue weighted by Crippen LogP contribution is -2.49. The highest BCUT2D eigenvalue weighted by Gasteiger charge is 2.30. The maximum absolute atomic E-state index is 15.2. The van der Waals surface area contributed by atoms with Gasteiger partial charge in [-0.25, -0.2) is 8.78 Å². The van der Waals surface area contributed by atoms with Crippen molar-refractivity contribution >= 4 is 29.4 Å². The molecule has 3 rings (SSSR count). The van der Waals surface area contributed by atoms with Crippen LogP contribution in [0.3, 0.4) is 0 Å². The number of carbonyl (C=O) groups excluding carboxylic acids is 2. The number of halogens is 3. The first-order chi connectivity index (χ1) is 19.2. The molecule has 0 aliphatic rings. The van der Waals surface area contributed by atoms with Gasteiger partial charge in [0.1, 0.15) is 11.6 Å². The molecule has 0 saturated heterocycles. The fraction of sp³-hybridized carbons (Fsp3) is 0.333. The Kier molecular flexibility index (Phi) is 10.0. The molecule has 41 heavy (non-hydrogen) atoms. The SMILES string of the molecule is Cc1cccc(C)c1-c1cc(F)c(F)c([C@H](CC(=O)O)NC(=O)[C@H](CC(C)C)NC(=O)c2cc(Cl)cn(C)c2=O)c1. The van der Waals surface area contributed by atoms with Gasteiger partial charge in [0.2, 0.25) is 5.91 Å². The Bertz CT molecular complexity index is 1530. The summed E-state index contributed by atoms with van der Waals surface area (Å²) in [4.78, 5) is 50.7. The second kappa shape index (κ2) is 13.1. The van der Waals surface area contributed by atoms with E-state index in [2.05, 4.69) is 10.6 Å². The van der Waals surface area contributed by atoms with E-state index in [1.54, 1.807) is 13.8 Å². The van der Waals surface area contributed by atoms with Gasteiger partial charge in [0.25, 0.3) is 11.5 Å². The fourth-order valence-corrected chi connectivity index (χ4v) is 4.99. The molecule has 0 saturated carbocycles. The van der Waals surface area contributed by atoms with E-state index in [4.69, 9.17) is 11.6 Å². The standard InChI is InChI=1S/C30H32ClF2N3O5/c1-15(2)9-24(35-28(39)21-12-19(31)14-36(5)30(21)41)29(40)34-23(13-25(37)38)20-10-18(11-22(32)27(20)33)26-16(3)7-6-8-17(26)4/h6-8,10-12,14-15,23-24H,9,13H2,1-5H3,(H,34,40)(H,35,39)(H,37,38)/t23-,24-/m0/s1. The average Bonchev–Trinajstić information content (AvgIpc) is 2.86. The minimum Gasteiger partial charge on any atom is -0.481 e. The number of nitrogens with zero attached hydrogens (tertiary/aromatic N) is 1. The van der Waals surface area contributed by atoms with Crippen molar-refractivity contribution in [1.29, 1.82) is 0 Å². The summed E-state index contributed by atoms with van der Waals surface area (Å²) in [5, 5.41) is 14.7. The number of nitrogens with one attached hydrogen (secondary N) is 2. The molecule has 11 heteroatoms. The molecule has 2 aromatic carbocycles.